The van der Waals surface area contributed by atoms with Gasteiger partial charge in [-0.2, -0.15) is 5.10 Å². The number of hydrogen-bond donors (Lipinski definition) is 0. The van der Waals surface area contributed by atoms with E-state index in [-0.39, 0.29) is 11.8 Å². The van der Waals surface area contributed by atoms with Crippen LogP contribution in [0.2, 0.25) is 0 Å². The van der Waals surface area contributed by atoms with Crippen molar-refractivity contribution in [1.82, 2.24) is 9.78 Å². The van der Waals surface area contributed by atoms with Crippen LogP contribution >= 0.6 is 0 Å². The lowest BCUT2D eigenvalue weighted by atomic mass is 10.0. The van der Waals surface area contributed by atoms with Gasteiger partial charge in [-0.25, -0.2) is 4.68 Å². The monoisotopic (exact) mass is 269 g/mol. The summed E-state index contributed by atoms with van der Waals surface area (Å²) in [5.74, 6) is -0.758. The smallest absolute Gasteiger partial charge is 0.0753 e. The molecule has 0 spiro atoms. The Kier molecular flexibility index (Phi) is 3.08. The highest BCUT2D eigenvalue weighted by Crippen LogP contribution is 2.43. The maximum atomic E-state index is 11.6. The maximum Gasteiger partial charge on any atom is 0.0753 e. The van der Waals surface area contributed by atoms with Gasteiger partial charge in [0.2, 0.25) is 0 Å². The molecule has 0 radical (unpaired) electrons. The van der Waals surface area contributed by atoms with Gasteiger partial charge < -0.3 is 9.90 Å². The number of rotatable bonds is 4. The molecule has 1 aromatic carbocycles. The highest BCUT2D eigenvalue weighted by Gasteiger charge is 2.33. The molecule has 1 heterocycles. The van der Waals surface area contributed by atoms with E-state index in [0.717, 1.165) is 24.2 Å². The van der Waals surface area contributed by atoms with Gasteiger partial charge in [-0.1, -0.05) is 32.0 Å². The predicted molar refractivity (Wildman–Crippen MR) is 74.0 cm³/mol. The van der Waals surface area contributed by atoms with Gasteiger partial charge in [0.1, 0.15) is 0 Å². The van der Waals surface area contributed by atoms with E-state index in [0.29, 0.717) is 11.3 Å². The second-order valence-corrected chi connectivity index (χ2v) is 5.61. The number of aromatic carboxylic acids is 1. The van der Waals surface area contributed by atoms with E-state index in [4.69, 9.17) is 0 Å². The summed E-state index contributed by atoms with van der Waals surface area (Å²) in [6.07, 6.45) is 2.03. The van der Waals surface area contributed by atoms with E-state index >= 15 is 0 Å². The number of hydrogen-bond acceptors (Lipinski definition) is 3. The molecule has 2 aromatic rings. The minimum Gasteiger partial charge on any atom is -0.545 e. The van der Waals surface area contributed by atoms with Crippen molar-refractivity contribution in [2.45, 2.75) is 38.5 Å². The van der Waals surface area contributed by atoms with E-state index in [2.05, 4.69) is 5.10 Å². The fourth-order valence-corrected chi connectivity index (χ4v) is 2.60. The molecule has 0 amide bonds. The van der Waals surface area contributed by atoms with Gasteiger partial charge in [0.05, 0.1) is 23.0 Å². The van der Waals surface area contributed by atoms with Crippen molar-refractivity contribution in [1.29, 1.82) is 0 Å². The van der Waals surface area contributed by atoms with Crippen LogP contribution in [0.15, 0.2) is 30.3 Å². The number of carbonyl (C=O) groups excluding carboxylic acids is 1. The number of benzene rings is 1. The molecular formula is C16H17N2O2-. The van der Waals surface area contributed by atoms with Crippen LogP contribution in [0.25, 0.3) is 5.69 Å². The summed E-state index contributed by atoms with van der Waals surface area (Å²) in [6, 6.07) is 9.67. The first-order valence-corrected chi connectivity index (χ1v) is 6.99. The number of carbonyl (C=O) groups is 1. The summed E-state index contributed by atoms with van der Waals surface area (Å²) in [6.45, 7) is 3.97. The van der Waals surface area contributed by atoms with Gasteiger partial charge in [0.15, 0.2) is 0 Å². The quantitative estimate of drug-likeness (QED) is 0.855. The first-order valence-electron chi connectivity index (χ1n) is 6.99. The lowest BCUT2D eigenvalue weighted by molar-refractivity contribution is -0.255. The zero-order valence-corrected chi connectivity index (χ0v) is 11.7. The van der Waals surface area contributed by atoms with Crippen molar-refractivity contribution in [3.05, 3.63) is 47.3 Å². The Morgan fingerprint density at radius 3 is 2.45 bits per heavy atom. The van der Waals surface area contributed by atoms with Crippen LogP contribution in [0.1, 0.15) is 60.3 Å². The van der Waals surface area contributed by atoms with Crippen molar-refractivity contribution < 1.29 is 9.90 Å². The van der Waals surface area contributed by atoms with Crippen LogP contribution in [0.5, 0.6) is 0 Å². The molecule has 20 heavy (non-hydrogen) atoms. The molecule has 0 bridgehead atoms. The molecule has 0 atom stereocenters. The molecule has 0 saturated heterocycles. The van der Waals surface area contributed by atoms with Crippen molar-refractivity contribution in [2.24, 2.45) is 0 Å². The molecule has 0 unspecified atom stereocenters. The Morgan fingerprint density at radius 2 is 1.95 bits per heavy atom. The van der Waals surface area contributed by atoms with Crippen LogP contribution in [0.4, 0.5) is 0 Å². The lowest BCUT2D eigenvalue weighted by Crippen LogP contribution is -2.25. The van der Waals surface area contributed by atoms with E-state index in [1.54, 1.807) is 4.68 Å². The summed E-state index contributed by atoms with van der Waals surface area (Å²) in [5, 5.41) is 16.1. The van der Waals surface area contributed by atoms with Gasteiger partial charge in [0.25, 0.3) is 0 Å². The molecular weight excluding hydrogens is 252 g/mol. The van der Waals surface area contributed by atoms with Gasteiger partial charge in [-0.05, 0) is 30.9 Å². The second-order valence-electron chi connectivity index (χ2n) is 5.61. The first-order chi connectivity index (χ1) is 9.59. The summed E-state index contributed by atoms with van der Waals surface area (Å²) >= 11 is 0. The third kappa shape index (κ3) is 2.11. The number of para-hydroxylation sites is 1. The van der Waals surface area contributed by atoms with E-state index in [9.17, 15) is 9.90 Å². The van der Waals surface area contributed by atoms with Crippen LogP contribution < -0.4 is 5.11 Å². The fourth-order valence-electron chi connectivity index (χ4n) is 2.60. The van der Waals surface area contributed by atoms with Gasteiger partial charge >= 0.3 is 0 Å². The van der Waals surface area contributed by atoms with Gasteiger partial charge in [0, 0.05) is 11.5 Å². The lowest BCUT2D eigenvalue weighted by Gasteiger charge is -2.13. The molecule has 1 fully saturated rings. The van der Waals surface area contributed by atoms with E-state index in [1.165, 1.54) is 0 Å². The Balaban J connectivity index is 2.24. The van der Waals surface area contributed by atoms with Crippen LogP contribution in [0, 0.1) is 0 Å². The maximum absolute atomic E-state index is 11.6. The van der Waals surface area contributed by atoms with Crippen molar-refractivity contribution in [2.75, 3.05) is 0 Å². The SMILES string of the molecule is CC(C)c1c(C(=O)[O-])c(C2CC2)nn1-c1ccccc1. The summed E-state index contributed by atoms with van der Waals surface area (Å²) in [4.78, 5) is 11.6. The highest BCUT2D eigenvalue weighted by atomic mass is 16.4. The molecule has 104 valence electrons. The number of carboxylic acids is 1. The normalized spacial score (nSPS) is 14.8. The molecule has 1 aliphatic rings. The average molecular weight is 269 g/mol. The Labute approximate surface area is 118 Å². The van der Waals surface area contributed by atoms with Gasteiger partial charge in [-0.15, -0.1) is 0 Å². The predicted octanol–water partition coefficient (Wildman–Crippen LogP) is 2.24. The zero-order chi connectivity index (χ0) is 14.3. The summed E-state index contributed by atoms with van der Waals surface area (Å²) < 4.78 is 1.77. The van der Waals surface area contributed by atoms with E-state index < -0.39 is 5.97 Å². The molecule has 0 N–H and O–H groups in total. The standard InChI is InChI=1S/C16H18N2O2/c1-10(2)15-13(16(19)20)14(11-8-9-11)17-18(15)12-6-4-3-5-7-12/h3-7,10-11H,8-9H2,1-2H3,(H,19,20)/p-1. The molecule has 3 rings (SSSR count). The average Bonchev–Trinajstić information content (AvgIpc) is 3.18. The molecule has 1 aliphatic carbocycles. The third-order valence-electron chi connectivity index (χ3n) is 3.66. The van der Waals surface area contributed by atoms with E-state index in [1.807, 2.05) is 44.2 Å². The van der Waals surface area contributed by atoms with Crippen molar-refractivity contribution >= 4 is 5.97 Å². The van der Waals surface area contributed by atoms with Crippen molar-refractivity contribution in [3.63, 3.8) is 0 Å². The first kappa shape index (κ1) is 12.9. The molecule has 1 aromatic heterocycles. The van der Waals surface area contributed by atoms with Crippen LogP contribution in [0.3, 0.4) is 0 Å². The second kappa shape index (κ2) is 4.78. The molecule has 4 nitrogen and oxygen atoms in total. The fraction of sp³-hybridized carbons (Fsp3) is 0.375. The van der Waals surface area contributed by atoms with Crippen LogP contribution in [-0.2, 0) is 0 Å². The number of nitrogens with zero attached hydrogens (tertiary/aromatic N) is 2. The van der Waals surface area contributed by atoms with Crippen molar-refractivity contribution in [3.8, 4) is 5.69 Å². The van der Waals surface area contributed by atoms with Crippen LogP contribution in [-0.4, -0.2) is 15.7 Å². The summed E-state index contributed by atoms with van der Waals surface area (Å²) in [7, 11) is 0. The zero-order valence-electron chi connectivity index (χ0n) is 11.7. The molecule has 1 saturated carbocycles. The minimum atomic E-state index is -1.11. The van der Waals surface area contributed by atoms with Gasteiger partial charge in [-0.3, -0.25) is 0 Å². The summed E-state index contributed by atoms with van der Waals surface area (Å²) in [5.41, 5.74) is 2.62. The number of carboxylic acid groups (broad SMARTS) is 1. The Bertz CT molecular complexity index is 640. The third-order valence-corrected chi connectivity index (χ3v) is 3.66. The topological polar surface area (TPSA) is 57.9 Å². The highest BCUT2D eigenvalue weighted by molar-refractivity contribution is 5.89. The molecule has 4 heteroatoms. The largest absolute Gasteiger partial charge is 0.545 e. The Hall–Kier alpha value is -2.10. The number of aromatic nitrogens is 2. The minimum absolute atomic E-state index is 0.0723. The Morgan fingerprint density at radius 1 is 1.30 bits per heavy atom. The molecule has 0 aliphatic heterocycles.